The number of nitrogens with zero attached hydrogens (tertiary/aromatic N) is 1. The molecule has 3 heterocycles. The Morgan fingerprint density at radius 1 is 1.00 bits per heavy atom. The summed E-state index contributed by atoms with van der Waals surface area (Å²) in [6, 6.07) is 17.1. The van der Waals surface area contributed by atoms with E-state index in [1.54, 1.807) is 0 Å². The van der Waals surface area contributed by atoms with Crippen LogP contribution in [0.2, 0.25) is 0 Å². The number of aliphatic hydroxyl groups is 1. The first-order valence-electron chi connectivity index (χ1n) is 9.62. The van der Waals surface area contributed by atoms with Crippen LogP contribution in [0.1, 0.15) is 35.1 Å². The Labute approximate surface area is 151 Å². The van der Waals surface area contributed by atoms with E-state index in [9.17, 15) is 5.11 Å². The summed E-state index contributed by atoms with van der Waals surface area (Å²) in [6.07, 6.45) is 3.16. The van der Waals surface area contributed by atoms with Crippen molar-refractivity contribution >= 4 is 0 Å². The van der Waals surface area contributed by atoms with Crippen LogP contribution >= 0.6 is 0 Å². The third kappa shape index (κ3) is 3.14. The van der Waals surface area contributed by atoms with Crippen molar-refractivity contribution in [2.75, 3.05) is 19.6 Å². The molecule has 0 saturated carbocycles. The van der Waals surface area contributed by atoms with Gasteiger partial charge in [0.05, 0.1) is 5.60 Å². The minimum Gasteiger partial charge on any atom is -0.384 e. The fourth-order valence-electron chi connectivity index (χ4n) is 5.01. The number of hydrogen-bond donors (Lipinski definition) is 1. The van der Waals surface area contributed by atoms with Gasteiger partial charge in [-0.3, -0.25) is 0 Å². The lowest BCUT2D eigenvalue weighted by Crippen LogP contribution is -2.56. The Morgan fingerprint density at radius 2 is 1.68 bits per heavy atom. The molecule has 3 saturated heterocycles. The minimum atomic E-state index is -0.787. The molecule has 2 heteroatoms. The van der Waals surface area contributed by atoms with E-state index in [0.717, 1.165) is 12.1 Å². The normalized spacial score (nSPS) is 27.9. The smallest absolute Gasteiger partial charge is 0.0982 e. The van der Waals surface area contributed by atoms with E-state index in [-0.39, 0.29) is 0 Å². The highest BCUT2D eigenvalue weighted by Gasteiger charge is 2.47. The molecular weight excluding hydrogens is 306 g/mol. The average Bonchev–Trinajstić information content (AvgIpc) is 2.65. The average molecular weight is 335 g/mol. The maximum absolute atomic E-state index is 12.1. The van der Waals surface area contributed by atoms with E-state index in [2.05, 4.69) is 67.3 Å². The van der Waals surface area contributed by atoms with E-state index in [1.807, 2.05) is 0 Å². The molecule has 2 aromatic rings. The highest BCUT2D eigenvalue weighted by Crippen LogP contribution is 2.45. The van der Waals surface area contributed by atoms with Crippen molar-refractivity contribution in [1.82, 2.24) is 4.90 Å². The fourth-order valence-corrected chi connectivity index (χ4v) is 5.01. The molecule has 3 aliphatic rings. The third-order valence-electron chi connectivity index (χ3n) is 6.48. The molecule has 0 aromatic heterocycles. The molecule has 1 N–H and O–H groups in total. The number of rotatable bonds is 4. The summed E-state index contributed by atoms with van der Waals surface area (Å²) >= 11 is 0. The summed E-state index contributed by atoms with van der Waals surface area (Å²) in [5, 5.41) is 12.1. The van der Waals surface area contributed by atoms with Crippen molar-refractivity contribution < 1.29 is 5.11 Å². The molecule has 0 spiro atoms. The summed E-state index contributed by atoms with van der Waals surface area (Å²) in [5.41, 5.74) is 4.03. The zero-order valence-corrected chi connectivity index (χ0v) is 15.4. The second-order valence-electron chi connectivity index (χ2n) is 8.15. The lowest BCUT2D eigenvalue weighted by atomic mass is 9.65. The maximum atomic E-state index is 12.1. The molecule has 2 bridgehead atoms. The molecule has 3 fully saturated rings. The number of aryl methyl sites for hydroxylation is 2. The quantitative estimate of drug-likeness (QED) is 0.910. The summed E-state index contributed by atoms with van der Waals surface area (Å²) in [5.74, 6) is 0.956. The summed E-state index contributed by atoms with van der Waals surface area (Å²) < 4.78 is 0. The van der Waals surface area contributed by atoms with Crippen molar-refractivity contribution in [3.8, 4) is 0 Å². The molecule has 0 aliphatic carbocycles. The zero-order chi connectivity index (χ0) is 17.4. The first-order chi connectivity index (χ1) is 12.1. The standard InChI is InChI=1S/C23H29NO/c1-17-7-9-19(10-8-17)15-23(25,21-6-4-3-5-18(21)2)22-16-24-13-11-20(22)12-14-24/h3-10,20,22,25H,11-16H2,1-2H3. The van der Waals surface area contributed by atoms with Crippen LogP contribution in [0.15, 0.2) is 48.5 Å². The van der Waals surface area contributed by atoms with E-state index in [1.165, 1.54) is 42.6 Å². The topological polar surface area (TPSA) is 23.5 Å². The lowest BCUT2D eigenvalue weighted by Gasteiger charge is -2.51. The van der Waals surface area contributed by atoms with Crippen LogP contribution in [0, 0.1) is 25.7 Å². The number of benzene rings is 2. The molecule has 5 rings (SSSR count). The third-order valence-corrected chi connectivity index (χ3v) is 6.48. The number of fused-ring (bicyclic) bond motifs is 3. The van der Waals surface area contributed by atoms with E-state index in [4.69, 9.17) is 0 Å². The van der Waals surface area contributed by atoms with Gasteiger partial charge in [0, 0.05) is 18.9 Å². The molecule has 2 aromatic carbocycles. The molecule has 25 heavy (non-hydrogen) atoms. The molecule has 2 nitrogen and oxygen atoms in total. The van der Waals surface area contributed by atoms with Gasteiger partial charge in [0.25, 0.3) is 0 Å². The Balaban J connectivity index is 1.75. The van der Waals surface area contributed by atoms with Crippen LogP contribution in [0.25, 0.3) is 0 Å². The number of piperidine rings is 3. The zero-order valence-electron chi connectivity index (χ0n) is 15.4. The summed E-state index contributed by atoms with van der Waals surface area (Å²) in [7, 11) is 0. The monoisotopic (exact) mass is 335 g/mol. The van der Waals surface area contributed by atoms with Crippen molar-refractivity contribution in [2.45, 2.75) is 38.7 Å². The van der Waals surface area contributed by atoms with Gasteiger partial charge in [0.15, 0.2) is 0 Å². The van der Waals surface area contributed by atoms with Crippen molar-refractivity contribution in [3.63, 3.8) is 0 Å². The molecule has 3 aliphatic heterocycles. The van der Waals surface area contributed by atoms with Gasteiger partial charge in [0.1, 0.15) is 0 Å². The lowest BCUT2D eigenvalue weighted by molar-refractivity contribution is -0.102. The first kappa shape index (κ1) is 16.8. The van der Waals surface area contributed by atoms with Crippen LogP contribution in [0.4, 0.5) is 0 Å². The second kappa shape index (κ2) is 6.59. The molecule has 0 amide bonds. The Kier molecular flexibility index (Phi) is 4.43. The van der Waals surface area contributed by atoms with E-state index in [0.29, 0.717) is 18.3 Å². The van der Waals surface area contributed by atoms with Gasteiger partial charge in [-0.15, -0.1) is 0 Å². The van der Waals surface area contributed by atoms with Gasteiger partial charge in [-0.25, -0.2) is 0 Å². The largest absolute Gasteiger partial charge is 0.384 e. The second-order valence-corrected chi connectivity index (χ2v) is 8.15. The van der Waals surface area contributed by atoms with Gasteiger partial charge in [-0.05, 0) is 62.4 Å². The molecular formula is C23H29NO. The Morgan fingerprint density at radius 3 is 2.28 bits per heavy atom. The highest BCUT2D eigenvalue weighted by molar-refractivity contribution is 5.35. The van der Waals surface area contributed by atoms with Crippen molar-refractivity contribution in [3.05, 3.63) is 70.8 Å². The summed E-state index contributed by atoms with van der Waals surface area (Å²) in [4.78, 5) is 2.54. The predicted octanol–water partition coefficient (Wildman–Crippen LogP) is 4.08. The first-order valence-corrected chi connectivity index (χ1v) is 9.62. The maximum Gasteiger partial charge on any atom is 0.0982 e. The van der Waals surface area contributed by atoms with Crippen LogP contribution in [-0.2, 0) is 12.0 Å². The molecule has 2 atom stereocenters. The van der Waals surface area contributed by atoms with Gasteiger partial charge in [0.2, 0.25) is 0 Å². The van der Waals surface area contributed by atoms with Crippen LogP contribution in [0.5, 0.6) is 0 Å². The van der Waals surface area contributed by atoms with E-state index >= 15 is 0 Å². The Hall–Kier alpha value is -1.64. The van der Waals surface area contributed by atoms with Gasteiger partial charge in [-0.1, -0.05) is 54.1 Å². The highest BCUT2D eigenvalue weighted by atomic mass is 16.3. The fraction of sp³-hybridized carbons (Fsp3) is 0.478. The van der Waals surface area contributed by atoms with E-state index < -0.39 is 5.60 Å². The minimum absolute atomic E-state index is 0.317. The molecule has 0 radical (unpaired) electrons. The molecule has 132 valence electrons. The molecule has 2 unspecified atom stereocenters. The van der Waals surface area contributed by atoms with Crippen LogP contribution < -0.4 is 0 Å². The van der Waals surface area contributed by atoms with Crippen molar-refractivity contribution in [1.29, 1.82) is 0 Å². The van der Waals surface area contributed by atoms with Gasteiger partial charge in [-0.2, -0.15) is 0 Å². The summed E-state index contributed by atoms with van der Waals surface area (Å²) in [6.45, 7) is 7.69. The van der Waals surface area contributed by atoms with Gasteiger partial charge >= 0.3 is 0 Å². The SMILES string of the molecule is Cc1ccc(CC(O)(c2ccccc2C)C2CN3CCC2CC3)cc1. The van der Waals surface area contributed by atoms with Crippen LogP contribution in [0.3, 0.4) is 0 Å². The number of hydrogen-bond acceptors (Lipinski definition) is 2. The van der Waals surface area contributed by atoms with Crippen LogP contribution in [-0.4, -0.2) is 29.6 Å². The van der Waals surface area contributed by atoms with Gasteiger partial charge < -0.3 is 10.0 Å². The Bertz CT molecular complexity index is 730. The van der Waals surface area contributed by atoms with Crippen molar-refractivity contribution in [2.24, 2.45) is 11.8 Å². The predicted molar refractivity (Wildman–Crippen MR) is 103 cm³/mol.